The van der Waals surface area contributed by atoms with E-state index in [1.165, 1.54) is 6.08 Å². The van der Waals surface area contributed by atoms with E-state index in [0.717, 1.165) is 0 Å². The fourth-order valence-electron chi connectivity index (χ4n) is 1.19. The van der Waals surface area contributed by atoms with Gasteiger partial charge in [0, 0.05) is 0 Å². The Hall–Kier alpha value is -1.57. The van der Waals surface area contributed by atoms with Gasteiger partial charge in [0.2, 0.25) is 0 Å². The molecule has 1 aromatic rings. The first-order valence-corrected chi connectivity index (χ1v) is 4.68. The molecule has 0 unspecified atom stereocenters. The molecule has 0 N–H and O–H groups in total. The zero-order chi connectivity index (χ0) is 10.4. The molecular formula is C12H14O2. The quantitative estimate of drug-likeness (QED) is 0.539. The molecule has 0 radical (unpaired) electrons. The highest BCUT2D eigenvalue weighted by molar-refractivity contribution is 6.06. The van der Waals surface area contributed by atoms with Crippen LogP contribution in [0, 0.1) is 0 Å². The second-order valence-electron chi connectivity index (χ2n) is 2.79. The van der Waals surface area contributed by atoms with Gasteiger partial charge in [-0.15, -0.1) is 0 Å². The zero-order valence-corrected chi connectivity index (χ0v) is 8.49. The lowest BCUT2D eigenvalue weighted by Crippen LogP contribution is -2.00. The van der Waals surface area contributed by atoms with E-state index in [9.17, 15) is 4.79 Å². The molecule has 0 amide bonds. The van der Waals surface area contributed by atoms with Gasteiger partial charge in [0.1, 0.15) is 5.75 Å². The lowest BCUT2D eigenvalue weighted by atomic mass is 10.1. The van der Waals surface area contributed by atoms with Gasteiger partial charge < -0.3 is 4.74 Å². The van der Waals surface area contributed by atoms with Crippen molar-refractivity contribution in [1.29, 1.82) is 0 Å². The Kier molecular flexibility index (Phi) is 3.92. The highest BCUT2D eigenvalue weighted by Gasteiger charge is 2.07. The maximum atomic E-state index is 11.6. The van der Waals surface area contributed by atoms with Crippen LogP contribution in [0.25, 0.3) is 0 Å². The van der Waals surface area contributed by atoms with Gasteiger partial charge in [0.15, 0.2) is 5.78 Å². The Balaban J connectivity index is 3.00. The molecule has 0 atom stereocenters. The van der Waals surface area contributed by atoms with Crippen molar-refractivity contribution in [3.8, 4) is 5.75 Å². The highest BCUT2D eigenvalue weighted by atomic mass is 16.5. The Bertz CT molecular complexity index is 340. The third-order valence-corrected chi connectivity index (χ3v) is 1.77. The maximum Gasteiger partial charge on any atom is 0.189 e. The molecule has 0 saturated heterocycles. The molecule has 0 fully saturated rings. The van der Waals surface area contributed by atoms with Crippen molar-refractivity contribution in [2.24, 2.45) is 0 Å². The van der Waals surface area contributed by atoms with Crippen LogP contribution in [-0.4, -0.2) is 12.4 Å². The van der Waals surface area contributed by atoms with Crippen molar-refractivity contribution in [1.82, 2.24) is 0 Å². The minimum Gasteiger partial charge on any atom is -0.493 e. The largest absolute Gasteiger partial charge is 0.493 e. The van der Waals surface area contributed by atoms with Crippen LogP contribution >= 0.6 is 0 Å². The number of rotatable bonds is 4. The van der Waals surface area contributed by atoms with E-state index in [0.29, 0.717) is 17.9 Å². The molecule has 1 aromatic carbocycles. The van der Waals surface area contributed by atoms with Crippen LogP contribution in [0.1, 0.15) is 24.2 Å². The lowest BCUT2D eigenvalue weighted by Gasteiger charge is -2.06. The molecule has 0 aliphatic rings. The molecule has 0 aromatic heterocycles. The fourth-order valence-corrected chi connectivity index (χ4v) is 1.19. The van der Waals surface area contributed by atoms with Gasteiger partial charge in [0.25, 0.3) is 0 Å². The molecule has 0 aliphatic carbocycles. The molecule has 0 aliphatic heterocycles. The van der Waals surface area contributed by atoms with Gasteiger partial charge in [-0.25, -0.2) is 0 Å². The number of carbonyl (C=O) groups is 1. The summed E-state index contributed by atoms with van der Waals surface area (Å²) in [6.45, 7) is 4.29. The van der Waals surface area contributed by atoms with Crippen molar-refractivity contribution < 1.29 is 9.53 Å². The summed E-state index contributed by atoms with van der Waals surface area (Å²) < 4.78 is 5.35. The standard InChI is InChI=1S/C12H14O2/c1-3-7-11(13)10-8-5-6-9-12(10)14-4-2/h3,5-9H,4H2,1-2H3/b7-3+. The van der Waals surface area contributed by atoms with Gasteiger partial charge in [-0.05, 0) is 32.1 Å². The van der Waals surface area contributed by atoms with E-state index in [1.807, 2.05) is 26.0 Å². The molecule has 14 heavy (non-hydrogen) atoms. The predicted molar refractivity (Wildman–Crippen MR) is 56.8 cm³/mol. The Morgan fingerprint density at radius 2 is 2.14 bits per heavy atom. The number of allylic oxidation sites excluding steroid dienone is 2. The van der Waals surface area contributed by atoms with Gasteiger partial charge in [-0.2, -0.15) is 0 Å². The normalized spacial score (nSPS) is 10.4. The number of para-hydroxylation sites is 1. The number of ether oxygens (including phenoxy) is 1. The van der Waals surface area contributed by atoms with E-state index >= 15 is 0 Å². The van der Waals surface area contributed by atoms with Crippen molar-refractivity contribution in [2.45, 2.75) is 13.8 Å². The summed E-state index contributed by atoms with van der Waals surface area (Å²) in [5.41, 5.74) is 0.618. The molecule has 1 rings (SSSR count). The van der Waals surface area contributed by atoms with Crippen LogP contribution in [-0.2, 0) is 0 Å². The zero-order valence-electron chi connectivity index (χ0n) is 8.49. The third-order valence-electron chi connectivity index (χ3n) is 1.77. The van der Waals surface area contributed by atoms with Gasteiger partial charge >= 0.3 is 0 Å². The second-order valence-corrected chi connectivity index (χ2v) is 2.79. The Morgan fingerprint density at radius 3 is 2.79 bits per heavy atom. The van der Waals surface area contributed by atoms with Gasteiger partial charge in [-0.1, -0.05) is 18.2 Å². The van der Waals surface area contributed by atoms with Crippen LogP contribution in [0.4, 0.5) is 0 Å². The highest BCUT2D eigenvalue weighted by Crippen LogP contribution is 2.18. The Labute approximate surface area is 84.2 Å². The van der Waals surface area contributed by atoms with E-state index in [4.69, 9.17) is 4.74 Å². The van der Waals surface area contributed by atoms with Crippen molar-refractivity contribution in [2.75, 3.05) is 6.61 Å². The molecule has 0 spiro atoms. The van der Waals surface area contributed by atoms with Gasteiger partial charge in [-0.3, -0.25) is 4.79 Å². The average Bonchev–Trinajstić information content (AvgIpc) is 2.19. The van der Waals surface area contributed by atoms with Crippen molar-refractivity contribution >= 4 is 5.78 Å². The van der Waals surface area contributed by atoms with Crippen LogP contribution in [0.5, 0.6) is 5.75 Å². The molecule has 0 heterocycles. The summed E-state index contributed by atoms with van der Waals surface area (Å²) in [4.78, 5) is 11.6. The average molecular weight is 190 g/mol. The monoisotopic (exact) mass is 190 g/mol. The first-order valence-electron chi connectivity index (χ1n) is 4.68. The first-order chi connectivity index (χ1) is 6.79. The van der Waals surface area contributed by atoms with Crippen LogP contribution < -0.4 is 4.74 Å². The summed E-state index contributed by atoms with van der Waals surface area (Å²) in [6.07, 6.45) is 3.27. The molecule has 0 saturated carbocycles. The van der Waals surface area contributed by atoms with Crippen LogP contribution in [0.15, 0.2) is 36.4 Å². The predicted octanol–water partition coefficient (Wildman–Crippen LogP) is 2.84. The fraction of sp³-hybridized carbons (Fsp3) is 0.250. The summed E-state index contributed by atoms with van der Waals surface area (Å²) >= 11 is 0. The van der Waals surface area contributed by atoms with E-state index in [2.05, 4.69) is 0 Å². The molecule has 2 heteroatoms. The molecule has 2 nitrogen and oxygen atoms in total. The van der Waals surface area contributed by atoms with Crippen molar-refractivity contribution in [3.05, 3.63) is 42.0 Å². The minimum atomic E-state index is -0.0171. The minimum absolute atomic E-state index is 0.0171. The number of hydrogen-bond acceptors (Lipinski definition) is 2. The van der Waals surface area contributed by atoms with E-state index in [1.54, 1.807) is 18.2 Å². The Morgan fingerprint density at radius 1 is 1.43 bits per heavy atom. The summed E-state index contributed by atoms with van der Waals surface area (Å²) in [5.74, 6) is 0.634. The summed E-state index contributed by atoms with van der Waals surface area (Å²) in [5, 5.41) is 0. The topological polar surface area (TPSA) is 26.3 Å². The summed E-state index contributed by atoms with van der Waals surface area (Å²) in [6, 6.07) is 7.27. The van der Waals surface area contributed by atoms with Crippen LogP contribution in [0.3, 0.4) is 0 Å². The second kappa shape index (κ2) is 5.22. The van der Waals surface area contributed by atoms with Gasteiger partial charge in [0.05, 0.1) is 12.2 Å². The lowest BCUT2D eigenvalue weighted by molar-refractivity contribution is 0.104. The van der Waals surface area contributed by atoms with E-state index in [-0.39, 0.29) is 5.78 Å². The third kappa shape index (κ3) is 2.46. The number of hydrogen-bond donors (Lipinski definition) is 0. The SMILES string of the molecule is C/C=C/C(=O)c1ccccc1OCC. The first kappa shape index (κ1) is 10.5. The molecule has 74 valence electrons. The van der Waals surface area contributed by atoms with Crippen molar-refractivity contribution in [3.63, 3.8) is 0 Å². The number of benzene rings is 1. The smallest absolute Gasteiger partial charge is 0.189 e. The number of ketones is 1. The maximum absolute atomic E-state index is 11.6. The summed E-state index contributed by atoms with van der Waals surface area (Å²) in [7, 11) is 0. The molecule has 0 bridgehead atoms. The number of carbonyl (C=O) groups excluding carboxylic acids is 1. The van der Waals surface area contributed by atoms with E-state index < -0.39 is 0 Å². The molecular weight excluding hydrogens is 176 g/mol. The van der Waals surface area contributed by atoms with Crippen LogP contribution in [0.2, 0.25) is 0 Å².